The van der Waals surface area contributed by atoms with Crippen LogP contribution in [0.2, 0.25) is 0 Å². The van der Waals surface area contributed by atoms with Gasteiger partial charge in [-0.15, -0.1) is 23.5 Å². The second-order valence-corrected chi connectivity index (χ2v) is 8.40. The van der Waals surface area contributed by atoms with E-state index in [1.54, 1.807) is 30.3 Å². The van der Waals surface area contributed by atoms with E-state index in [1.165, 1.54) is 18.9 Å². The predicted molar refractivity (Wildman–Crippen MR) is 108 cm³/mol. The number of hydrogen-bond acceptors (Lipinski definition) is 8. The third-order valence-electron chi connectivity index (χ3n) is 4.47. The zero-order valence-corrected chi connectivity index (χ0v) is 17.0. The summed E-state index contributed by atoms with van der Waals surface area (Å²) in [7, 11) is 1.24. The van der Waals surface area contributed by atoms with Crippen LogP contribution in [-0.4, -0.2) is 63.8 Å². The number of rotatable bonds is 7. The van der Waals surface area contributed by atoms with Gasteiger partial charge in [0.15, 0.2) is 0 Å². The number of carbonyl (C=O) groups excluding carboxylic acids is 3. The first-order chi connectivity index (χ1) is 13.8. The molecule has 29 heavy (non-hydrogen) atoms. The van der Waals surface area contributed by atoms with Crippen molar-refractivity contribution in [3.05, 3.63) is 46.5 Å². The number of β-lactam (4-membered cyclic amide) rings is 1. The van der Waals surface area contributed by atoms with Crippen molar-refractivity contribution in [1.29, 1.82) is 0 Å². The summed E-state index contributed by atoms with van der Waals surface area (Å²) in [5, 5.41) is 11.7. The smallest absolute Gasteiger partial charge is 0.353 e. The number of nitrogens with two attached hydrogens (primary N) is 1. The molecule has 4 N–H and O–H groups in total. The van der Waals surface area contributed by atoms with E-state index in [0.717, 1.165) is 16.7 Å². The lowest BCUT2D eigenvalue weighted by atomic mass is 10.0. The molecule has 1 fully saturated rings. The molecule has 0 radical (unpaired) electrons. The van der Waals surface area contributed by atoms with Crippen molar-refractivity contribution in [2.45, 2.75) is 17.5 Å². The number of carboxylic acids is 1. The van der Waals surface area contributed by atoms with Gasteiger partial charge in [0.05, 0.1) is 12.9 Å². The Morgan fingerprint density at radius 2 is 2.07 bits per heavy atom. The molecule has 0 aliphatic carbocycles. The van der Waals surface area contributed by atoms with Crippen molar-refractivity contribution in [3.8, 4) is 0 Å². The summed E-state index contributed by atoms with van der Waals surface area (Å²) in [6.07, 6.45) is 0. The van der Waals surface area contributed by atoms with Crippen LogP contribution >= 0.6 is 23.5 Å². The van der Waals surface area contributed by atoms with Gasteiger partial charge in [-0.05, 0) is 5.56 Å². The van der Waals surface area contributed by atoms with Crippen LogP contribution in [0.1, 0.15) is 11.6 Å². The second-order valence-electron chi connectivity index (χ2n) is 6.23. The molecule has 1 saturated heterocycles. The monoisotopic (exact) mass is 437 g/mol. The molecule has 9 nitrogen and oxygen atoms in total. The van der Waals surface area contributed by atoms with E-state index in [1.807, 2.05) is 0 Å². The molecule has 3 atom stereocenters. The minimum atomic E-state index is -1.26. The summed E-state index contributed by atoms with van der Waals surface area (Å²) < 4.78 is 4.56. The van der Waals surface area contributed by atoms with Gasteiger partial charge < -0.3 is 20.9 Å². The van der Waals surface area contributed by atoms with Crippen LogP contribution in [0.15, 0.2) is 40.9 Å². The highest BCUT2D eigenvalue weighted by Gasteiger charge is 2.54. The number of thioether (sulfide) groups is 2. The van der Waals surface area contributed by atoms with E-state index in [-0.39, 0.29) is 11.4 Å². The third-order valence-corrected chi connectivity index (χ3v) is 7.00. The molecule has 1 aromatic carbocycles. The molecule has 1 aromatic rings. The molecule has 2 aliphatic rings. The Bertz CT molecular complexity index is 876. The van der Waals surface area contributed by atoms with Crippen molar-refractivity contribution in [1.82, 2.24) is 10.2 Å². The van der Waals surface area contributed by atoms with Gasteiger partial charge in [-0.2, -0.15) is 0 Å². The average Bonchev–Trinajstić information content (AvgIpc) is 2.74. The number of ether oxygens (including phenoxy) is 1. The van der Waals surface area contributed by atoms with Gasteiger partial charge in [0.1, 0.15) is 23.2 Å². The van der Waals surface area contributed by atoms with Crippen molar-refractivity contribution >= 4 is 47.3 Å². The number of fused-ring (bicyclic) bond motifs is 1. The van der Waals surface area contributed by atoms with Crippen molar-refractivity contribution in [2.24, 2.45) is 5.73 Å². The Kier molecular flexibility index (Phi) is 6.50. The highest BCUT2D eigenvalue weighted by atomic mass is 32.2. The van der Waals surface area contributed by atoms with Gasteiger partial charge in [-0.1, -0.05) is 30.3 Å². The van der Waals surface area contributed by atoms with E-state index >= 15 is 0 Å². The van der Waals surface area contributed by atoms with Crippen LogP contribution in [0.3, 0.4) is 0 Å². The number of benzene rings is 1. The standard InChI is InChI=1S/C18H19N3O6S2/c1-27-11(22)8-28-10-7-29-17-13(16(24)21(17)14(10)18(25)26)20-15(23)12(19)9-5-3-2-4-6-9/h2-6,12-13,17H,7-8,19H2,1H3,(H,20,23)(H,25,26)/t12-,13+,17-/m0/s1. The number of amides is 2. The highest BCUT2D eigenvalue weighted by molar-refractivity contribution is 8.06. The Morgan fingerprint density at radius 1 is 1.38 bits per heavy atom. The van der Waals surface area contributed by atoms with E-state index < -0.39 is 41.2 Å². The first-order valence-electron chi connectivity index (χ1n) is 8.56. The van der Waals surface area contributed by atoms with Crippen LogP contribution in [0, 0.1) is 0 Å². The lowest BCUT2D eigenvalue weighted by molar-refractivity contribution is -0.150. The van der Waals surface area contributed by atoms with Gasteiger partial charge in [-0.25, -0.2) is 4.79 Å². The maximum Gasteiger partial charge on any atom is 0.353 e. The number of methoxy groups -OCH3 is 1. The van der Waals surface area contributed by atoms with Gasteiger partial charge in [-0.3, -0.25) is 19.3 Å². The summed E-state index contributed by atoms with van der Waals surface area (Å²) in [5.41, 5.74) is 6.41. The number of esters is 1. The largest absolute Gasteiger partial charge is 0.477 e. The highest BCUT2D eigenvalue weighted by Crippen LogP contribution is 2.43. The second kappa shape index (κ2) is 8.89. The number of nitrogens with one attached hydrogen (secondary N) is 1. The molecular weight excluding hydrogens is 418 g/mol. The Balaban J connectivity index is 1.71. The fraction of sp³-hybridized carbons (Fsp3) is 0.333. The summed E-state index contributed by atoms with van der Waals surface area (Å²) in [6.45, 7) is 0. The SMILES string of the molecule is COC(=O)CSC1=C(C(=O)O)N2C(=O)[C@@H](NC(=O)[C@@H](N)c3ccccc3)[C@@H]2SC1. The fourth-order valence-corrected chi connectivity index (χ4v) is 5.43. The van der Waals surface area contributed by atoms with Gasteiger partial charge in [0, 0.05) is 10.7 Å². The van der Waals surface area contributed by atoms with Crippen LogP contribution in [0.5, 0.6) is 0 Å². The lowest BCUT2D eigenvalue weighted by Gasteiger charge is -2.49. The number of hydrogen-bond donors (Lipinski definition) is 3. The predicted octanol–water partition coefficient (Wildman–Crippen LogP) is 0.289. The van der Waals surface area contributed by atoms with Gasteiger partial charge in [0.25, 0.3) is 5.91 Å². The summed E-state index contributed by atoms with van der Waals surface area (Å²) in [6, 6.07) is 6.95. The molecular formula is C18H19N3O6S2. The number of nitrogens with zero attached hydrogens (tertiary/aromatic N) is 1. The third kappa shape index (κ3) is 4.26. The van der Waals surface area contributed by atoms with Crippen LogP contribution in [0.25, 0.3) is 0 Å². The van der Waals surface area contributed by atoms with E-state index in [9.17, 15) is 24.3 Å². The topological polar surface area (TPSA) is 139 Å². The van der Waals surface area contributed by atoms with Crippen molar-refractivity contribution in [2.75, 3.05) is 18.6 Å². The number of carboxylic acid groups (broad SMARTS) is 1. The normalized spacial score (nSPS) is 21.7. The summed E-state index contributed by atoms with van der Waals surface area (Å²) in [5.74, 6) is -2.54. The maximum absolute atomic E-state index is 12.6. The number of carbonyl (C=O) groups is 4. The van der Waals surface area contributed by atoms with Crippen LogP contribution < -0.4 is 11.1 Å². The lowest BCUT2D eigenvalue weighted by Crippen LogP contribution is -2.71. The van der Waals surface area contributed by atoms with Crippen LogP contribution in [0.4, 0.5) is 0 Å². The maximum atomic E-state index is 12.6. The summed E-state index contributed by atoms with van der Waals surface area (Å²) >= 11 is 2.35. The van der Waals surface area contributed by atoms with Crippen LogP contribution in [-0.2, 0) is 23.9 Å². The Morgan fingerprint density at radius 3 is 2.69 bits per heavy atom. The molecule has 3 rings (SSSR count). The first kappa shape index (κ1) is 21.2. The molecule has 0 bridgehead atoms. The molecule has 0 unspecified atom stereocenters. The summed E-state index contributed by atoms with van der Waals surface area (Å²) in [4.78, 5) is 49.7. The van der Waals surface area contributed by atoms with E-state index in [4.69, 9.17) is 5.73 Å². The molecule has 0 saturated carbocycles. The molecule has 2 aliphatic heterocycles. The Labute approximate surface area is 175 Å². The molecule has 2 amide bonds. The Hall–Kier alpha value is -2.50. The van der Waals surface area contributed by atoms with Gasteiger partial charge in [0.2, 0.25) is 5.91 Å². The molecule has 0 spiro atoms. The zero-order valence-electron chi connectivity index (χ0n) is 15.4. The van der Waals surface area contributed by atoms with E-state index in [0.29, 0.717) is 16.2 Å². The number of aliphatic carboxylic acids is 1. The molecule has 154 valence electrons. The molecule has 0 aromatic heterocycles. The molecule has 11 heteroatoms. The van der Waals surface area contributed by atoms with E-state index in [2.05, 4.69) is 10.1 Å². The minimum Gasteiger partial charge on any atom is -0.477 e. The first-order valence-corrected chi connectivity index (χ1v) is 10.6. The van der Waals surface area contributed by atoms with Crippen molar-refractivity contribution < 1.29 is 29.0 Å². The molecule has 2 heterocycles. The minimum absolute atomic E-state index is 0.0536. The average molecular weight is 437 g/mol. The quantitative estimate of drug-likeness (QED) is 0.406. The zero-order chi connectivity index (χ0) is 21.1. The van der Waals surface area contributed by atoms with Gasteiger partial charge >= 0.3 is 11.9 Å². The fourth-order valence-electron chi connectivity index (χ4n) is 2.96. The van der Waals surface area contributed by atoms with Crippen molar-refractivity contribution in [3.63, 3.8) is 0 Å².